The Balaban J connectivity index is 0.000000188. The van der Waals surface area contributed by atoms with E-state index >= 15 is 0 Å². The molecule has 1 atom stereocenters. The van der Waals surface area contributed by atoms with E-state index in [4.69, 9.17) is 22.1 Å². The SMILES string of the molecule is Nc1ccc(C(F)(F)F)cc1.ON1CCC2(CC1)CC(F)c1cccc(Cl)c1O2. The summed E-state index contributed by atoms with van der Waals surface area (Å²) in [6.45, 7) is 1.01. The first-order valence-corrected chi connectivity index (χ1v) is 9.45. The van der Waals surface area contributed by atoms with Gasteiger partial charge in [-0.1, -0.05) is 23.7 Å². The minimum atomic E-state index is -4.27. The standard InChI is InChI=1S/C13H15ClFNO2.C7H6F3N/c14-10-3-1-2-9-11(15)8-13(18-12(9)10)4-6-16(17)7-5-13;8-7(9,10)5-1-3-6(11)4-2-5/h1-3,11,17H,4-8H2;1-4H,11H2. The van der Waals surface area contributed by atoms with Gasteiger partial charge in [0.2, 0.25) is 0 Å². The molecule has 9 heteroatoms. The average Bonchev–Trinajstić information content (AvgIpc) is 2.66. The number of anilines is 1. The van der Waals surface area contributed by atoms with Crippen molar-refractivity contribution in [3.63, 3.8) is 0 Å². The number of alkyl halides is 4. The number of para-hydroxylation sites is 1. The second-order valence-electron chi connectivity index (χ2n) is 7.19. The van der Waals surface area contributed by atoms with Gasteiger partial charge in [-0.25, -0.2) is 4.39 Å². The van der Waals surface area contributed by atoms with Crippen molar-refractivity contribution in [2.24, 2.45) is 0 Å². The van der Waals surface area contributed by atoms with Crippen LogP contribution in [0.4, 0.5) is 23.2 Å². The minimum Gasteiger partial charge on any atom is -0.485 e. The third-order valence-corrected chi connectivity index (χ3v) is 5.39. The number of hydrogen-bond donors (Lipinski definition) is 2. The van der Waals surface area contributed by atoms with Gasteiger partial charge < -0.3 is 15.7 Å². The van der Waals surface area contributed by atoms with E-state index in [0.717, 1.165) is 12.1 Å². The van der Waals surface area contributed by atoms with Crippen molar-refractivity contribution >= 4 is 17.3 Å². The maximum absolute atomic E-state index is 14.3. The van der Waals surface area contributed by atoms with E-state index in [1.807, 2.05) is 0 Å². The van der Waals surface area contributed by atoms with Gasteiger partial charge in [-0.15, -0.1) is 0 Å². The van der Waals surface area contributed by atoms with Crippen LogP contribution in [0, 0.1) is 0 Å². The highest BCUT2D eigenvalue weighted by molar-refractivity contribution is 6.32. The molecule has 0 bridgehead atoms. The highest BCUT2D eigenvalue weighted by Crippen LogP contribution is 2.48. The minimum absolute atomic E-state index is 0.331. The molecule has 2 aliphatic heterocycles. The number of fused-ring (bicyclic) bond motifs is 1. The van der Waals surface area contributed by atoms with Crippen LogP contribution in [-0.2, 0) is 6.18 Å². The molecule has 0 saturated carbocycles. The van der Waals surface area contributed by atoms with Crippen molar-refractivity contribution in [1.29, 1.82) is 0 Å². The van der Waals surface area contributed by atoms with Gasteiger partial charge in [-0.2, -0.15) is 18.2 Å². The van der Waals surface area contributed by atoms with E-state index in [0.29, 0.717) is 54.4 Å². The van der Waals surface area contributed by atoms with Gasteiger partial charge in [0.25, 0.3) is 0 Å². The van der Waals surface area contributed by atoms with Gasteiger partial charge in [0.1, 0.15) is 17.5 Å². The Labute approximate surface area is 170 Å². The molecule has 1 fully saturated rings. The predicted octanol–water partition coefficient (Wildman–Crippen LogP) is 5.64. The fraction of sp³-hybridized carbons (Fsp3) is 0.400. The number of nitrogens with zero attached hydrogens (tertiary/aromatic N) is 1. The number of benzene rings is 2. The number of ether oxygens (including phenoxy) is 1. The summed E-state index contributed by atoms with van der Waals surface area (Å²) in [4.78, 5) is 0. The Morgan fingerprint density at radius 1 is 1.10 bits per heavy atom. The first kappa shape index (κ1) is 21.7. The van der Waals surface area contributed by atoms with Gasteiger partial charge in [0, 0.05) is 43.6 Å². The van der Waals surface area contributed by atoms with Crippen molar-refractivity contribution in [3.8, 4) is 5.75 Å². The lowest BCUT2D eigenvalue weighted by molar-refractivity contribution is -0.148. The van der Waals surface area contributed by atoms with Crippen molar-refractivity contribution in [1.82, 2.24) is 5.06 Å². The summed E-state index contributed by atoms with van der Waals surface area (Å²) in [6.07, 6.45) is -3.73. The number of hydrogen-bond acceptors (Lipinski definition) is 4. The van der Waals surface area contributed by atoms with Crippen LogP contribution < -0.4 is 10.5 Å². The number of nitrogen functional groups attached to an aromatic ring is 1. The second kappa shape index (κ2) is 8.38. The summed E-state index contributed by atoms with van der Waals surface area (Å²) in [5.74, 6) is 0.476. The molecule has 1 saturated heterocycles. The van der Waals surface area contributed by atoms with Crippen molar-refractivity contribution < 1.29 is 27.5 Å². The average molecular weight is 433 g/mol. The maximum atomic E-state index is 14.3. The zero-order chi connectivity index (χ0) is 21.2. The van der Waals surface area contributed by atoms with Crippen LogP contribution in [-0.4, -0.2) is 29.0 Å². The Kier molecular flexibility index (Phi) is 6.26. The zero-order valence-electron chi connectivity index (χ0n) is 15.4. The molecule has 158 valence electrons. The Bertz CT molecular complexity index is 837. The summed E-state index contributed by atoms with van der Waals surface area (Å²) in [5.41, 5.74) is 4.88. The van der Waals surface area contributed by atoms with Crippen LogP contribution in [0.5, 0.6) is 5.75 Å². The van der Waals surface area contributed by atoms with Gasteiger partial charge in [-0.3, -0.25) is 0 Å². The molecule has 0 amide bonds. The molecule has 1 spiro atoms. The quantitative estimate of drug-likeness (QED) is 0.417. The van der Waals surface area contributed by atoms with Crippen molar-refractivity contribution in [2.45, 2.75) is 37.2 Å². The Morgan fingerprint density at radius 3 is 2.31 bits per heavy atom. The zero-order valence-corrected chi connectivity index (χ0v) is 16.2. The molecule has 29 heavy (non-hydrogen) atoms. The van der Waals surface area contributed by atoms with E-state index in [-0.39, 0.29) is 0 Å². The smallest absolute Gasteiger partial charge is 0.416 e. The lowest BCUT2D eigenvalue weighted by atomic mass is 9.82. The molecule has 1 unspecified atom stereocenters. The van der Waals surface area contributed by atoms with E-state index in [1.54, 1.807) is 18.2 Å². The van der Waals surface area contributed by atoms with Gasteiger partial charge in [-0.05, 0) is 30.3 Å². The van der Waals surface area contributed by atoms with E-state index in [2.05, 4.69) is 0 Å². The topological polar surface area (TPSA) is 58.7 Å². The van der Waals surface area contributed by atoms with E-state index in [1.165, 1.54) is 17.2 Å². The largest absolute Gasteiger partial charge is 0.485 e. The van der Waals surface area contributed by atoms with Gasteiger partial charge >= 0.3 is 6.18 Å². The van der Waals surface area contributed by atoms with Gasteiger partial charge in [0.15, 0.2) is 0 Å². The third kappa shape index (κ3) is 5.12. The van der Waals surface area contributed by atoms with E-state index in [9.17, 15) is 22.8 Å². The fourth-order valence-electron chi connectivity index (χ4n) is 3.46. The first-order chi connectivity index (χ1) is 13.6. The first-order valence-electron chi connectivity index (χ1n) is 9.08. The molecule has 4 nitrogen and oxygen atoms in total. The molecule has 2 heterocycles. The van der Waals surface area contributed by atoms with Crippen LogP contribution in [0.1, 0.15) is 36.6 Å². The lowest BCUT2D eigenvalue weighted by Crippen LogP contribution is -2.49. The third-order valence-electron chi connectivity index (χ3n) is 5.09. The summed E-state index contributed by atoms with van der Waals surface area (Å²) < 4.78 is 55.9. The second-order valence-corrected chi connectivity index (χ2v) is 7.60. The number of piperidine rings is 1. The molecule has 0 aliphatic carbocycles. The summed E-state index contributed by atoms with van der Waals surface area (Å²) >= 11 is 6.09. The number of hydroxylamine groups is 2. The van der Waals surface area contributed by atoms with Crippen LogP contribution in [0.25, 0.3) is 0 Å². The molecule has 3 N–H and O–H groups in total. The maximum Gasteiger partial charge on any atom is 0.416 e. The highest BCUT2D eigenvalue weighted by atomic mass is 35.5. The van der Waals surface area contributed by atoms with Crippen LogP contribution in [0.15, 0.2) is 42.5 Å². The monoisotopic (exact) mass is 432 g/mol. The summed E-state index contributed by atoms with van der Waals surface area (Å²) in [7, 11) is 0. The summed E-state index contributed by atoms with van der Waals surface area (Å²) in [5, 5.41) is 11.1. The predicted molar refractivity (Wildman–Crippen MR) is 102 cm³/mol. The van der Waals surface area contributed by atoms with Crippen molar-refractivity contribution in [3.05, 3.63) is 58.6 Å². The van der Waals surface area contributed by atoms with E-state index < -0.39 is 23.5 Å². The number of nitrogens with two attached hydrogens (primary N) is 1. The molecule has 2 aromatic rings. The molecular weight excluding hydrogens is 412 g/mol. The molecule has 0 aromatic heterocycles. The molecule has 2 aromatic carbocycles. The number of rotatable bonds is 0. The Morgan fingerprint density at radius 2 is 1.72 bits per heavy atom. The molecule has 2 aliphatic rings. The fourth-order valence-corrected chi connectivity index (χ4v) is 3.68. The summed E-state index contributed by atoms with van der Waals surface area (Å²) in [6, 6.07) is 9.54. The van der Waals surface area contributed by atoms with Crippen LogP contribution >= 0.6 is 11.6 Å². The lowest BCUT2D eigenvalue weighted by Gasteiger charge is -2.44. The molecule has 0 radical (unpaired) electrons. The Hall–Kier alpha value is -2.03. The normalized spacial score (nSPS) is 21.0. The highest BCUT2D eigenvalue weighted by Gasteiger charge is 2.44. The van der Waals surface area contributed by atoms with Crippen LogP contribution in [0.3, 0.4) is 0 Å². The molecule has 4 rings (SSSR count). The number of halogens is 5. The molecular formula is C20H21ClF4N2O2. The van der Waals surface area contributed by atoms with Crippen molar-refractivity contribution in [2.75, 3.05) is 18.8 Å². The van der Waals surface area contributed by atoms with Gasteiger partial charge in [0.05, 0.1) is 10.6 Å². The van der Waals surface area contributed by atoms with Crippen LogP contribution in [0.2, 0.25) is 5.02 Å².